The fourth-order valence-corrected chi connectivity index (χ4v) is 2.56. The van der Waals surface area contributed by atoms with Gasteiger partial charge in [-0.15, -0.1) is 11.3 Å². The Morgan fingerprint density at radius 3 is 2.62 bits per heavy atom. The van der Waals surface area contributed by atoms with Crippen molar-refractivity contribution in [3.05, 3.63) is 40.9 Å². The highest BCUT2D eigenvalue weighted by molar-refractivity contribution is 7.13. The molecule has 6 heteroatoms. The van der Waals surface area contributed by atoms with Crippen LogP contribution < -0.4 is 5.32 Å². The van der Waals surface area contributed by atoms with Crippen LogP contribution in [-0.4, -0.2) is 28.0 Å². The number of carbonyl (C=O) groups excluding carboxylic acids is 1. The van der Waals surface area contributed by atoms with Crippen LogP contribution >= 0.6 is 11.3 Å². The van der Waals surface area contributed by atoms with Gasteiger partial charge in [-0.2, -0.15) is 0 Å². The molecule has 0 aliphatic heterocycles. The van der Waals surface area contributed by atoms with E-state index in [0.717, 1.165) is 10.6 Å². The molecule has 2 aromatic rings. The molecule has 5 nitrogen and oxygen atoms in total. The highest BCUT2D eigenvalue weighted by Gasteiger charge is 2.15. The predicted molar refractivity (Wildman–Crippen MR) is 81.2 cm³/mol. The molecule has 110 valence electrons. The Balaban J connectivity index is 2.01. The molecule has 0 aliphatic rings. The van der Waals surface area contributed by atoms with Crippen molar-refractivity contribution in [3.63, 3.8) is 0 Å². The Morgan fingerprint density at radius 1 is 1.33 bits per heavy atom. The molecule has 0 aliphatic carbocycles. The average Bonchev–Trinajstić information content (AvgIpc) is 2.87. The van der Waals surface area contributed by atoms with E-state index >= 15 is 0 Å². The molecule has 0 radical (unpaired) electrons. The summed E-state index contributed by atoms with van der Waals surface area (Å²) in [5.41, 5.74) is 2.83. The number of aryl methyl sites for hydroxylation is 1. The second kappa shape index (κ2) is 6.49. The second-order valence-corrected chi connectivity index (χ2v) is 5.67. The third-order valence-corrected chi connectivity index (χ3v) is 3.88. The fraction of sp³-hybridized carbons (Fsp3) is 0.267. The summed E-state index contributed by atoms with van der Waals surface area (Å²) in [5.74, 6) is -1.40. The van der Waals surface area contributed by atoms with E-state index < -0.39 is 12.0 Å². The topological polar surface area (TPSA) is 79.3 Å². The molecule has 0 bridgehead atoms. The van der Waals surface area contributed by atoms with E-state index in [-0.39, 0.29) is 12.3 Å². The molecule has 1 aromatic heterocycles. The molecule has 1 amide bonds. The number of benzene rings is 1. The van der Waals surface area contributed by atoms with E-state index in [2.05, 4.69) is 10.3 Å². The Kier molecular flexibility index (Phi) is 4.70. The van der Waals surface area contributed by atoms with Gasteiger partial charge in [0.1, 0.15) is 11.0 Å². The van der Waals surface area contributed by atoms with Gasteiger partial charge in [0.25, 0.3) is 0 Å². The van der Waals surface area contributed by atoms with Crippen LogP contribution in [0.25, 0.3) is 10.6 Å². The number of aromatic nitrogens is 1. The summed E-state index contributed by atoms with van der Waals surface area (Å²) in [4.78, 5) is 26.8. The van der Waals surface area contributed by atoms with Gasteiger partial charge in [0.15, 0.2) is 0 Å². The largest absolute Gasteiger partial charge is 0.480 e. The number of nitrogens with one attached hydrogen (secondary N) is 1. The first kappa shape index (κ1) is 15.2. The van der Waals surface area contributed by atoms with Crippen LogP contribution in [0.2, 0.25) is 0 Å². The van der Waals surface area contributed by atoms with Crippen LogP contribution in [0.4, 0.5) is 0 Å². The van der Waals surface area contributed by atoms with Crippen molar-refractivity contribution in [3.8, 4) is 10.6 Å². The number of hydrogen-bond acceptors (Lipinski definition) is 4. The Hall–Kier alpha value is -2.21. The predicted octanol–water partition coefficient (Wildman–Crippen LogP) is 2.25. The van der Waals surface area contributed by atoms with Crippen molar-refractivity contribution in [2.24, 2.45) is 0 Å². The van der Waals surface area contributed by atoms with Crippen molar-refractivity contribution in [1.82, 2.24) is 10.3 Å². The van der Waals surface area contributed by atoms with Gasteiger partial charge in [-0.05, 0) is 13.8 Å². The number of carboxylic acid groups (broad SMARTS) is 1. The normalized spacial score (nSPS) is 11.9. The van der Waals surface area contributed by atoms with Crippen molar-refractivity contribution < 1.29 is 14.7 Å². The minimum Gasteiger partial charge on any atom is -0.480 e. The molecule has 21 heavy (non-hydrogen) atoms. The lowest BCUT2D eigenvalue weighted by Gasteiger charge is -2.07. The molecular formula is C15H16N2O3S. The molecule has 2 rings (SSSR count). The molecule has 1 atom stereocenters. The summed E-state index contributed by atoms with van der Waals surface area (Å²) in [6.45, 7) is 3.45. The number of nitrogens with zero attached hydrogens (tertiary/aromatic N) is 1. The number of hydrogen-bond donors (Lipinski definition) is 2. The summed E-state index contributed by atoms with van der Waals surface area (Å²) in [6.07, 6.45) is 0.0833. The van der Waals surface area contributed by atoms with Gasteiger partial charge in [-0.3, -0.25) is 9.59 Å². The van der Waals surface area contributed by atoms with Crippen molar-refractivity contribution in [2.45, 2.75) is 26.3 Å². The van der Waals surface area contributed by atoms with Crippen molar-refractivity contribution in [2.75, 3.05) is 0 Å². The highest BCUT2D eigenvalue weighted by Crippen LogP contribution is 2.24. The van der Waals surface area contributed by atoms with Crippen LogP contribution in [0.3, 0.4) is 0 Å². The fourth-order valence-electron chi connectivity index (χ4n) is 1.74. The third kappa shape index (κ3) is 4.13. The van der Waals surface area contributed by atoms with Crippen molar-refractivity contribution >= 4 is 23.2 Å². The standard InChI is InChI=1S/C15H16N2O3S/c1-9-3-5-11(6-4-9)14-17-12(8-21-14)7-13(18)16-10(2)15(19)20/h3-6,8,10H,7H2,1-2H3,(H,16,18)(H,19,20). The van der Waals surface area contributed by atoms with Crippen LogP contribution in [-0.2, 0) is 16.0 Å². The molecule has 1 heterocycles. The zero-order valence-electron chi connectivity index (χ0n) is 11.8. The minimum atomic E-state index is -1.05. The monoisotopic (exact) mass is 304 g/mol. The number of rotatable bonds is 5. The second-order valence-electron chi connectivity index (χ2n) is 4.81. The van der Waals surface area contributed by atoms with Gasteiger partial charge >= 0.3 is 5.97 Å². The number of carboxylic acids is 1. The summed E-state index contributed by atoms with van der Waals surface area (Å²) in [5, 5.41) is 13.8. The molecule has 0 fully saturated rings. The van der Waals surface area contributed by atoms with Crippen LogP contribution in [0.1, 0.15) is 18.2 Å². The maximum absolute atomic E-state index is 11.7. The quantitative estimate of drug-likeness (QED) is 0.888. The lowest BCUT2D eigenvalue weighted by Crippen LogP contribution is -2.39. The Morgan fingerprint density at radius 2 is 2.00 bits per heavy atom. The summed E-state index contributed by atoms with van der Waals surface area (Å²) >= 11 is 1.47. The lowest BCUT2D eigenvalue weighted by molar-refractivity contribution is -0.141. The molecule has 0 saturated heterocycles. The first-order chi connectivity index (χ1) is 9.95. The Labute approximate surface area is 126 Å². The first-order valence-electron chi connectivity index (χ1n) is 6.49. The van der Waals surface area contributed by atoms with E-state index in [4.69, 9.17) is 5.11 Å². The number of carbonyl (C=O) groups is 2. The molecular weight excluding hydrogens is 288 g/mol. The van der Waals surface area contributed by atoms with Gasteiger partial charge in [0.05, 0.1) is 12.1 Å². The SMILES string of the molecule is Cc1ccc(-c2nc(CC(=O)NC(C)C(=O)O)cs2)cc1. The minimum absolute atomic E-state index is 0.0833. The van der Waals surface area contributed by atoms with E-state index in [1.807, 2.05) is 36.6 Å². The summed E-state index contributed by atoms with van der Waals surface area (Å²) in [7, 11) is 0. The van der Waals surface area contributed by atoms with Crippen LogP contribution in [0.15, 0.2) is 29.6 Å². The smallest absolute Gasteiger partial charge is 0.325 e. The first-order valence-corrected chi connectivity index (χ1v) is 7.37. The summed E-state index contributed by atoms with van der Waals surface area (Å²) < 4.78 is 0. The Bertz CT molecular complexity index is 649. The molecule has 0 saturated carbocycles. The molecule has 0 spiro atoms. The lowest BCUT2D eigenvalue weighted by atomic mass is 10.2. The molecule has 1 aromatic carbocycles. The van der Waals surface area contributed by atoms with Crippen LogP contribution in [0.5, 0.6) is 0 Å². The zero-order chi connectivity index (χ0) is 15.4. The number of amides is 1. The number of thiazole rings is 1. The van der Waals surface area contributed by atoms with E-state index in [9.17, 15) is 9.59 Å². The maximum Gasteiger partial charge on any atom is 0.325 e. The van der Waals surface area contributed by atoms with E-state index in [1.54, 1.807) is 0 Å². The van der Waals surface area contributed by atoms with Gasteiger partial charge in [0.2, 0.25) is 5.91 Å². The van der Waals surface area contributed by atoms with E-state index in [1.165, 1.54) is 23.8 Å². The van der Waals surface area contributed by atoms with Gasteiger partial charge in [0, 0.05) is 10.9 Å². The summed E-state index contributed by atoms with van der Waals surface area (Å²) in [6, 6.07) is 7.11. The zero-order valence-corrected chi connectivity index (χ0v) is 12.6. The number of aliphatic carboxylic acids is 1. The van der Waals surface area contributed by atoms with Crippen molar-refractivity contribution in [1.29, 1.82) is 0 Å². The van der Waals surface area contributed by atoms with E-state index in [0.29, 0.717) is 5.69 Å². The van der Waals surface area contributed by atoms with Gasteiger partial charge < -0.3 is 10.4 Å². The molecule has 2 N–H and O–H groups in total. The third-order valence-electron chi connectivity index (χ3n) is 2.94. The molecule has 1 unspecified atom stereocenters. The highest BCUT2D eigenvalue weighted by atomic mass is 32.1. The maximum atomic E-state index is 11.7. The van der Waals surface area contributed by atoms with Crippen LogP contribution in [0, 0.1) is 6.92 Å². The van der Waals surface area contributed by atoms with Gasteiger partial charge in [-0.25, -0.2) is 4.98 Å². The van der Waals surface area contributed by atoms with Gasteiger partial charge in [-0.1, -0.05) is 29.8 Å². The average molecular weight is 304 g/mol.